The van der Waals surface area contributed by atoms with Gasteiger partial charge in [0.2, 0.25) is 0 Å². The van der Waals surface area contributed by atoms with Crippen LogP contribution in [0.5, 0.6) is 0 Å². The summed E-state index contributed by atoms with van der Waals surface area (Å²) in [5.74, 6) is 0.260. The van der Waals surface area contributed by atoms with Crippen LogP contribution in [0.25, 0.3) is 11.4 Å². The van der Waals surface area contributed by atoms with E-state index in [0.717, 1.165) is 5.56 Å². The van der Waals surface area contributed by atoms with E-state index in [1.165, 1.54) is 30.8 Å². The van der Waals surface area contributed by atoms with Crippen LogP contribution >= 0.6 is 11.8 Å². The number of aromatic amines is 1. The number of nitrogens with zero attached hydrogens (tertiary/aromatic N) is 3. The molecule has 0 spiro atoms. The standard InChI is InChI=1S/C19H19FN4O2S/c1-10-16(12(3)25)11(2)21-17(10)15(26)9-27-19-23-22-18(24(19)4)13-5-7-14(20)8-6-13/h5-8,21H,9H2,1-4H3. The molecule has 3 aromatic rings. The zero-order valence-electron chi connectivity index (χ0n) is 15.5. The number of aromatic nitrogens is 4. The van der Waals surface area contributed by atoms with Crippen molar-refractivity contribution >= 4 is 23.3 Å². The van der Waals surface area contributed by atoms with Crippen LogP contribution in [0, 0.1) is 19.7 Å². The monoisotopic (exact) mass is 386 g/mol. The molecule has 0 bridgehead atoms. The molecule has 2 aromatic heterocycles. The SMILES string of the molecule is CC(=O)c1c(C)[nH]c(C(=O)CSc2nnc(-c3ccc(F)cc3)n2C)c1C. The van der Waals surface area contributed by atoms with Crippen molar-refractivity contribution in [2.24, 2.45) is 7.05 Å². The summed E-state index contributed by atoms with van der Waals surface area (Å²) < 4.78 is 14.8. The quantitative estimate of drug-likeness (QED) is 0.516. The average molecular weight is 386 g/mol. The van der Waals surface area contributed by atoms with E-state index < -0.39 is 0 Å². The summed E-state index contributed by atoms with van der Waals surface area (Å²) in [5.41, 5.74) is 3.14. The van der Waals surface area contributed by atoms with Crippen LogP contribution in [0.4, 0.5) is 4.39 Å². The number of halogens is 1. The Balaban J connectivity index is 1.76. The Morgan fingerprint density at radius 2 is 1.85 bits per heavy atom. The number of hydrogen-bond acceptors (Lipinski definition) is 5. The number of Topliss-reactive ketones (excluding diaryl/α,β-unsaturated/α-hetero) is 2. The molecule has 1 N–H and O–H groups in total. The lowest BCUT2D eigenvalue weighted by atomic mass is 10.1. The molecule has 0 radical (unpaired) electrons. The average Bonchev–Trinajstić information content (AvgIpc) is 3.13. The molecule has 0 aliphatic rings. The predicted molar refractivity (Wildman–Crippen MR) is 102 cm³/mol. The van der Waals surface area contributed by atoms with Gasteiger partial charge in [-0.3, -0.25) is 9.59 Å². The van der Waals surface area contributed by atoms with E-state index in [9.17, 15) is 14.0 Å². The second-order valence-corrected chi connectivity index (χ2v) is 7.21. The Bertz CT molecular complexity index is 1020. The van der Waals surface area contributed by atoms with E-state index in [1.807, 2.05) is 0 Å². The number of hydrogen-bond donors (Lipinski definition) is 1. The highest BCUT2D eigenvalue weighted by atomic mass is 32.2. The second-order valence-electron chi connectivity index (χ2n) is 6.27. The van der Waals surface area contributed by atoms with Crippen LogP contribution < -0.4 is 0 Å². The van der Waals surface area contributed by atoms with Crippen molar-refractivity contribution in [1.29, 1.82) is 0 Å². The summed E-state index contributed by atoms with van der Waals surface area (Å²) in [6.07, 6.45) is 0. The number of benzene rings is 1. The number of H-pyrrole nitrogens is 1. The van der Waals surface area contributed by atoms with Gasteiger partial charge in [-0.15, -0.1) is 10.2 Å². The highest BCUT2D eigenvalue weighted by Crippen LogP contribution is 2.25. The van der Waals surface area contributed by atoms with E-state index in [4.69, 9.17) is 0 Å². The van der Waals surface area contributed by atoms with Gasteiger partial charge in [0, 0.05) is 23.9 Å². The van der Waals surface area contributed by atoms with Crippen molar-refractivity contribution in [3.63, 3.8) is 0 Å². The Morgan fingerprint density at radius 1 is 1.19 bits per heavy atom. The minimum absolute atomic E-state index is 0.0646. The second kappa shape index (κ2) is 7.48. The molecule has 0 saturated heterocycles. The molecule has 6 nitrogen and oxygen atoms in total. The number of aryl methyl sites for hydroxylation is 1. The van der Waals surface area contributed by atoms with Gasteiger partial charge < -0.3 is 9.55 Å². The third-order valence-electron chi connectivity index (χ3n) is 4.34. The molecule has 0 fully saturated rings. The van der Waals surface area contributed by atoms with Crippen molar-refractivity contribution in [1.82, 2.24) is 19.7 Å². The first-order valence-corrected chi connectivity index (χ1v) is 9.29. The van der Waals surface area contributed by atoms with E-state index in [2.05, 4.69) is 15.2 Å². The highest BCUT2D eigenvalue weighted by Gasteiger charge is 2.21. The normalized spacial score (nSPS) is 11.0. The lowest BCUT2D eigenvalue weighted by Crippen LogP contribution is -2.06. The lowest BCUT2D eigenvalue weighted by molar-refractivity contribution is 0.101. The van der Waals surface area contributed by atoms with E-state index >= 15 is 0 Å². The fraction of sp³-hybridized carbons (Fsp3) is 0.263. The third-order valence-corrected chi connectivity index (χ3v) is 5.36. The topological polar surface area (TPSA) is 80.6 Å². The zero-order valence-corrected chi connectivity index (χ0v) is 16.3. The number of ketones is 2. The largest absolute Gasteiger partial charge is 0.355 e. The van der Waals surface area contributed by atoms with Crippen molar-refractivity contribution in [3.05, 3.63) is 52.6 Å². The van der Waals surface area contributed by atoms with Crippen LogP contribution in [0.3, 0.4) is 0 Å². The first kappa shape index (κ1) is 19.0. The molecule has 3 rings (SSSR count). The first-order valence-electron chi connectivity index (χ1n) is 8.31. The summed E-state index contributed by atoms with van der Waals surface area (Å²) in [5, 5.41) is 8.83. The third kappa shape index (κ3) is 3.71. The molecule has 8 heteroatoms. The van der Waals surface area contributed by atoms with Gasteiger partial charge in [-0.2, -0.15) is 0 Å². The van der Waals surface area contributed by atoms with Crippen LogP contribution in [0.15, 0.2) is 29.4 Å². The Morgan fingerprint density at radius 3 is 2.44 bits per heavy atom. The molecule has 1 aromatic carbocycles. The van der Waals surface area contributed by atoms with Gasteiger partial charge >= 0.3 is 0 Å². The maximum absolute atomic E-state index is 13.1. The van der Waals surface area contributed by atoms with Gasteiger partial charge in [-0.1, -0.05) is 11.8 Å². The fourth-order valence-electron chi connectivity index (χ4n) is 3.05. The molecule has 0 saturated carbocycles. The first-order chi connectivity index (χ1) is 12.8. The molecule has 0 unspecified atom stereocenters. The Labute approximate surface area is 160 Å². The number of thioether (sulfide) groups is 1. The number of carbonyl (C=O) groups is 2. The number of rotatable bonds is 6. The zero-order chi connectivity index (χ0) is 19.7. The molecular formula is C19H19FN4O2S. The summed E-state index contributed by atoms with van der Waals surface area (Å²) in [6.45, 7) is 5.04. The minimum atomic E-state index is -0.317. The number of carbonyl (C=O) groups excluding carboxylic acids is 2. The molecule has 27 heavy (non-hydrogen) atoms. The highest BCUT2D eigenvalue weighted by molar-refractivity contribution is 7.99. The maximum Gasteiger partial charge on any atom is 0.191 e. The molecule has 2 heterocycles. The summed E-state index contributed by atoms with van der Waals surface area (Å²) in [7, 11) is 1.80. The number of nitrogens with one attached hydrogen (secondary N) is 1. The Kier molecular flexibility index (Phi) is 5.27. The van der Waals surface area contributed by atoms with Crippen LogP contribution in [-0.4, -0.2) is 37.1 Å². The molecule has 0 aliphatic heterocycles. The summed E-state index contributed by atoms with van der Waals surface area (Å²) >= 11 is 1.26. The van der Waals surface area contributed by atoms with Crippen molar-refractivity contribution in [2.45, 2.75) is 25.9 Å². The maximum atomic E-state index is 13.1. The molecule has 0 aliphatic carbocycles. The van der Waals surface area contributed by atoms with E-state index in [1.54, 1.807) is 37.6 Å². The van der Waals surface area contributed by atoms with Crippen molar-refractivity contribution in [3.8, 4) is 11.4 Å². The van der Waals surface area contributed by atoms with Crippen LogP contribution in [0.2, 0.25) is 0 Å². The van der Waals surface area contributed by atoms with Crippen LogP contribution in [-0.2, 0) is 7.05 Å². The smallest absolute Gasteiger partial charge is 0.191 e. The van der Waals surface area contributed by atoms with Gasteiger partial charge in [0.1, 0.15) is 5.82 Å². The molecule has 140 valence electrons. The summed E-state index contributed by atoms with van der Waals surface area (Å²) in [6, 6.07) is 5.99. The lowest BCUT2D eigenvalue weighted by Gasteiger charge is -2.04. The molecule has 0 atom stereocenters. The predicted octanol–water partition coefficient (Wildman–Crippen LogP) is 3.74. The van der Waals surface area contributed by atoms with Crippen molar-refractivity contribution < 1.29 is 14.0 Å². The minimum Gasteiger partial charge on any atom is -0.355 e. The summed E-state index contributed by atoms with van der Waals surface area (Å²) in [4.78, 5) is 27.3. The molecule has 0 amide bonds. The van der Waals surface area contributed by atoms with Crippen molar-refractivity contribution in [2.75, 3.05) is 5.75 Å². The van der Waals surface area contributed by atoms with Gasteiger partial charge in [0.05, 0.1) is 11.4 Å². The molecular weight excluding hydrogens is 367 g/mol. The van der Waals surface area contributed by atoms with E-state index in [0.29, 0.717) is 33.5 Å². The van der Waals surface area contributed by atoms with Gasteiger partial charge in [-0.05, 0) is 50.6 Å². The van der Waals surface area contributed by atoms with E-state index in [-0.39, 0.29) is 23.1 Å². The van der Waals surface area contributed by atoms with Gasteiger partial charge in [0.25, 0.3) is 0 Å². The fourth-order valence-corrected chi connectivity index (χ4v) is 3.83. The Hall–Kier alpha value is -2.74. The van der Waals surface area contributed by atoms with Gasteiger partial charge in [0.15, 0.2) is 22.5 Å². The van der Waals surface area contributed by atoms with Gasteiger partial charge in [-0.25, -0.2) is 4.39 Å². The van der Waals surface area contributed by atoms with Crippen LogP contribution in [0.1, 0.15) is 39.0 Å².